The monoisotopic (exact) mass is 328 g/mol. The van der Waals surface area contributed by atoms with Crippen LogP contribution in [0.25, 0.3) is 0 Å². The van der Waals surface area contributed by atoms with Crippen LogP contribution in [0.3, 0.4) is 0 Å². The minimum absolute atomic E-state index is 0.00100. The van der Waals surface area contributed by atoms with E-state index in [0.717, 1.165) is 12.1 Å². The quantitative estimate of drug-likeness (QED) is 0.763. The van der Waals surface area contributed by atoms with Crippen LogP contribution in [-0.4, -0.2) is 17.5 Å². The number of aliphatic hydroxyl groups is 1. The average molecular weight is 328 g/mol. The number of aryl methyl sites for hydroxylation is 2. The summed E-state index contributed by atoms with van der Waals surface area (Å²) in [4.78, 5) is 0. The zero-order valence-electron chi connectivity index (χ0n) is 12.7. The van der Waals surface area contributed by atoms with Gasteiger partial charge in [0.05, 0.1) is 0 Å². The molecule has 0 radical (unpaired) electrons. The van der Waals surface area contributed by atoms with Crippen molar-refractivity contribution >= 4 is 0 Å². The topological polar surface area (TPSA) is 20.2 Å². The van der Waals surface area contributed by atoms with Gasteiger partial charge in [0.1, 0.15) is 0 Å². The molecule has 1 aromatic carbocycles. The molecular formula is C15H18F6O. The maximum absolute atomic E-state index is 12.9. The maximum atomic E-state index is 12.9. The highest BCUT2D eigenvalue weighted by atomic mass is 19.4. The molecule has 0 heterocycles. The molecule has 0 aliphatic carbocycles. The van der Waals surface area contributed by atoms with Crippen molar-refractivity contribution in [2.24, 2.45) is 0 Å². The van der Waals surface area contributed by atoms with Crippen molar-refractivity contribution in [1.29, 1.82) is 0 Å². The van der Waals surface area contributed by atoms with Gasteiger partial charge in [-0.1, -0.05) is 26.0 Å². The van der Waals surface area contributed by atoms with E-state index in [9.17, 15) is 31.4 Å². The van der Waals surface area contributed by atoms with E-state index in [-0.39, 0.29) is 5.92 Å². The molecule has 1 rings (SSSR count). The number of rotatable bonds is 3. The third kappa shape index (κ3) is 2.95. The number of alkyl halides is 6. The minimum Gasteiger partial charge on any atom is -0.369 e. The summed E-state index contributed by atoms with van der Waals surface area (Å²) in [5.41, 5.74) is -4.76. The Balaban J connectivity index is 3.62. The Morgan fingerprint density at radius 2 is 1.32 bits per heavy atom. The first-order chi connectivity index (χ1) is 9.77. The SMILES string of the molecule is CCC(C)c1c(C)cc(C(O)(C(F)(F)F)C(F)(F)F)cc1C. The summed E-state index contributed by atoms with van der Waals surface area (Å²) in [7, 11) is 0. The highest BCUT2D eigenvalue weighted by molar-refractivity contribution is 5.43. The molecule has 0 fully saturated rings. The van der Waals surface area contributed by atoms with Crippen LogP contribution in [0.4, 0.5) is 26.3 Å². The van der Waals surface area contributed by atoms with Gasteiger partial charge in [0.25, 0.3) is 5.60 Å². The molecule has 1 N–H and O–H groups in total. The van der Waals surface area contributed by atoms with Gasteiger partial charge in [-0.25, -0.2) is 0 Å². The van der Waals surface area contributed by atoms with E-state index in [4.69, 9.17) is 0 Å². The second-order valence-electron chi connectivity index (χ2n) is 5.54. The van der Waals surface area contributed by atoms with Crippen molar-refractivity contribution in [1.82, 2.24) is 0 Å². The third-order valence-electron chi connectivity index (χ3n) is 3.94. The molecule has 1 unspecified atom stereocenters. The van der Waals surface area contributed by atoms with E-state index in [1.165, 1.54) is 13.8 Å². The Kier molecular flexibility index (Phi) is 4.92. The summed E-state index contributed by atoms with van der Waals surface area (Å²) in [6.07, 6.45) is -11.0. The van der Waals surface area contributed by atoms with Gasteiger partial charge < -0.3 is 5.11 Å². The Bertz CT molecular complexity index is 507. The molecule has 0 spiro atoms. The fourth-order valence-corrected chi connectivity index (χ4v) is 2.65. The molecule has 0 aliphatic heterocycles. The van der Waals surface area contributed by atoms with Crippen LogP contribution in [0, 0.1) is 13.8 Å². The standard InChI is InChI=1S/C15H18F6O/c1-5-8(2)12-9(3)6-11(7-10(12)4)13(22,14(16,17)18)15(19,20)21/h6-8,22H,5H2,1-4H3. The van der Waals surface area contributed by atoms with Crippen molar-refractivity contribution in [3.63, 3.8) is 0 Å². The lowest BCUT2D eigenvalue weighted by atomic mass is 9.84. The molecular weight excluding hydrogens is 310 g/mol. The van der Waals surface area contributed by atoms with Gasteiger partial charge >= 0.3 is 12.4 Å². The second kappa shape index (κ2) is 5.76. The fourth-order valence-electron chi connectivity index (χ4n) is 2.65. The summed E-state index contributed by atoms with van der Waals surface area (Å²) >= 11 is 0. The zero-order chi connectivity index (χ0) is 17.5. The molecule has 1 nitrogen and oxygen atoms in total. The summed E-state index contributed by atoms with van der Waals surface area (Å²) in [6, 6.07) is 1.55. The van der Waals surface area contributed by atoms with Crippen LogP contribution >= 0.6 is 0 Å². The highest BCUT2D eigenvalue weighted by Crippen LogP contribution is 2.50. The van der Waals surface area contributed by atoms with Crippen LogP contribution in [0.15, 0.2) is 12.1 Å². The van der Waals surface area contributed by atoms with Crippen molar-refractivity contribution in [3.05, 3.63) is 34.4 Å². The van der Waals surface area contributed by atoms with Crippen molar-refractivity contribution in [3.8, 4) is 0 Å². The Labute approximate surface area is 125 Å². The lowest BCUT2D eigenvalue weighted by Crippen LogP contribution is -2.54. The van der Waals surface area contributed by atoms with Crippen LogP contribution in [-0.2, 0) is 5.60 Å². The Morgan fingerprint density at radius 3 is 1.59 bits per heavy atom. The molecule has 1 aromatic rings. The number of hydrogen-bond acceptors (Lipinski definition) is 1. The summed E-state index contributed by atoms with van der Waals surface area (Å²) < 4.78 is 77.4. The van der Waals surface area contributed by atoms with Gasteiger partial charge in [-0.2, -0.15) is 26.3 Å². The van der Waals surface area contributed by atoms with Crippen LogP contribution in [0.5, 0.6) is 0 Å². The van der Waals surface area contributed by atoms with Crippen molar-refractivity contribution in [2.75, 3.05) is 0 Å². The van der Waals surface area contributed by atoms with E-state index >= 15 is 0 Å². The first kappa shape index (κ1) is 18.8. The normalized spacial score (nSPS) is 15.0. The van der Waals surface area contributed by atoms with E-state index in [0.29, 0.717) is 23.1 Å². The Hall–Kier alpha value is -1.24. The fraction of sp³-hybridized carbons (Fsp3) is 0.600. The van der Waals surface area contributed by atoms with Gasteiger partial charge in [-0.15, -0.1) is 0 Å². The first-order valence-corrected chi connectivity index (χ1v) is 6.74. The molecule has 0 saturated carbocycles. The van der Waals surface area contributed by atoms with E-state index in [1.54, 1.807) is 0 Å². The van der Waals surface area contributed by atoms with Crippen LogP contribution in [0.2, 0.25) is 0 Å². The predicted molar refractivity (Wildman–Crippen MR) is 70.6 cm³/mol. The lowest BCUT2D eigenvalue weighted by Gasteiger charge is -2.33. The Morgan fingerprint density at radius 1 is 0.955 bits per heavy atom. The molecule has 0 bridgehead atoms. The highest BCUT2D eigenvalue weighted by Gasteiger charge is 2.71. The molecule has 126 valence electrons. The molecule has 7 heteroatoms. The minimum atomic E-state index is -5.86. The third-order valence-corrected chi connectivity index (χ3v) is 3.94. The summed E-state index contributed by atoms with van der Waals surface area (Å²) in [6.45, 7) is 6.62. The van der Waals surface area contributed by atoms with Crippen LogP contribution in [0.1, 0.15) is 48.4 Å². The van der Waals surface area contributed by atoms with E-state index in [2.05, 4.69) is 0 Å². The molecule has 0 aromatic heterocycles. The van der Waals surface area contributed by atoms with E-state index < -0.39 is 23.5 Å². The summed E-state index contributed by atoms with van der Waals surface area (Å²) in [5, 5.41) is 9.44. The molecule has 0 saturated heterocycles. The maximum Gasteiger partial charge on any atom is 0.430 e. The molecule has 0 aliphatic rings. The predicted octanol–water partition coefficient (Wildman–Crippen LogP) is 5.13. The second-order valence-corrected chi connectivity index (χ2v) is 5.54. The van der Waals surface area contributed by atoms with Gasteiger partial charge in [0.15, 0.2) is 0 Å². The molecule has 22 heavy (non-hydrogen) atoms. The molecule has 1 atom stereocenters. The van der Waals surface area contributed by atoms with Gasteiger partial charge in [0, 0.05) is 5.56 Å². The van der Waals surface area contributed by atoms with Crippen molar-refractivity contribution < 1.29 is 31.4 Å². The number of halogens is 6. The van der Waals surface area contributed by atoms with Gasteiger partial charge in [0.2, 0.25) is 0 Å². The summed E-state index contributed by atoms with van der Waals surface area (Å²) in [5.74, 6) is -0.00100. The lowest BCUT2D eigenvalue weighted by molar-refractivity contribution is -0.376. The van der Waals surface area contributed by atoms with Gasteiger partial charge in [-0.05, 0) is 42.9 Å². The van der Waals surface area contributed by atoms with Gasteiger partial charge in [-0.3, -0.25) is 0 Å². The average Bonchev–Trinajstić information content (AvgIpc) is 2.33. The van der Waals surface area contributed by atoms with Crippen LogP contribution < -0.4 is 0 Å². The first-order valence-electron chi connectivity index (χ1n) is 6.74. The number of hydrogen-bond donors (Lipinski definition) is 1. The number of benzene rings is 1. The molecule has 0 amide bonds. The largest absolute Gasteiger partial charge is 0.430 e. The smallest absolute Gasteiger partial charge is 0.369 e. The zero-order valence-corrected chi connectivity index (χ0v) is 12.7. The van der Waals surface area contributed by atoms with Crippen molar-refractivity contribution in [2.45, 2.75) is 58.0 Å². The van der Waals surface area contributed by atoms with E-state index in [1.807, 2.05) is 13.8 Å².